The molecule has 0 radical (unpaired) electrons. The quantitative estimate of drug-likeness (QED) is 0.541. The summed E-state index contributed by atoms with van der Waals surface area (Å²) in [5.74, 6) is 4.34. The van der Waals surface area contributed by atoms with Crippen LogP contribution in [-0.4, -0.2) is 20.8 Å². The summed E-state index contributed by atoms with van der Waals surface area (Å²) in [6.45, 7) is 5.91. The van der Waals surface area contributed by atoms with E-state index in [1.165, 1.54) is 11.1 Å². The summed E-state index contributed by atoms with van der Waals surface area (Å²) in [6, 6.07) is 11.9. The van der Waals surface area contributed by atoms with Crippen LogP contribution >= 0.6 is 0 Å². The number of fused-ring (bicyclic) bond motifs is 2. The van der Waals surface area contributed by atoms with Crippen LogP contribution in [0.25, 0.3) is 16.7 Å². The lowest BCUT2D eigenvalue weighted by molar-refractivity contribution is -0.675. The molecule has 0 atom stereocenters. The SMILES string of the molecule is CCN1/C(=C2/C=C(c3oc4ccc(OC)cc4[n+]3CC)CC2)Oc2ccc(OC)cc21. The standard InChI is InChI=1S/C25H27N2O4/c1-5-26-20-14-18(28-3)9-11-22(20)30-24(26)16-7-8-17(13-16)25-27(6-2)21-15-19(29-4)10-12-23(21)31-25/h9-15H,5-8H2,1-4H3/q+1. The van der Waals surface area contributed by atoms with Crippen molar-refractivity contribution in [3.05, 3.63) is 59.8 Å². The Bertz CT molecular complexity index is 1220. The second-order valence-electron chi connectivity index (χ2n) is 7.67. The van der Waals surface area contributed by atoms with Gasteiger partial charge in [-0.05, 0) is 57.0 Å². The van der Waals surface area contributed by atoms with E-state index in [1.807, 2.05) is 36.4 Å². The van der Waals surface area contributed by atoms with E-state index >= 15 is 0 Å². The van der Waals surface area contributed by atoms with Crippen molar-refractivity contribution in [2.45, 2.75) is 33.2 Å². The number of nitrogens with zero attached hydrogens (tertiary/aromatic N) is 2. The fourth-order valence-corrected chi connectivity index (χ4v) is 4.45. The molecule has 0 saturated carbocycles. The maximum Gasteiger partial charge on any atom is 0.377 e. The number of hydrogen-bond acceptors (Lipinski definition) is 5. The Labute approximate surface area is 181 Å². The van der Waals surface area contributed by atoms with E-state index < -0.39 is 0 Å². The molecule has 1 aromatic heterocycles. The van der Waals surface area contributed by atoms with Gasteiger partial charge in [0.25, 0.3) is 5.52 Å². The molecule has 5 rings (SSSR count). The number of oxazole rings is 1. The monoisotopic (exact) mass is 419 g/mol. The van der Waals surface area contributed by atoms with Gasteiger partial charge in [0.05, 0.1) is 31.5 Å². The minimum absolute atomic E-state index is 0.821. The molecule has 0 amide bonds. The molecule has 31 heavy (non-hydrogen) atoms. The van der Waals surface area contributed by atoms with E-state index in [-0.39, 0.29) is 0 Å². The third kappa shape index (κ3) is 3.14. The molecule has 0 saturated heterocycles. The average molecular weight is 420 g/mol. The first-order valence-corrected chi connectivity index (χ1v) is 10.7. The van der Waals surface area contributed by atoms with Gasteiger partial charge in [0.2, 0.25) is 11.5 Å². The van der Waals surface area contributed by atoms with Gasteiger partial charge in [0.15, 0.2) is 5.75 Å². The molecule has 2 aromatic carbocycles. The third-order valence-corrected chi connectivity index (χ3v) is 6.01. The van der Waals surface area contributed by atoms with E-state index in [4.69, 9.17) is 18.6 Å². The van der Waals surface area contributed by atoms with Gasteiger partial charge in [0, 0.05) is 18.2 Å². The van der Waals surface area contributed by atoms with Crippen molar-refractivity contribution < 1.29 is 23.2 Å². The molecule has 2 heterocycles. The minimum atomic E-state index is 0.821. The van der Waals surface area contributed by atoms with Gasteiger partial charge in [-0.25, -0.2) is 0 Å². The van der Waals surface area contributed by atoms with Crippen LogP contribution in [0.4, 0.5) is 5.69 Å². The van der Waals surface area contributed by atoms with Gasteiger partial charge in [-0.1, -0.05) is 0 Å². The van der Waals surface area contributed by atoms with Crippen molar-refractivity contribution in [2.75, 3.05) is 25.7 Å². The Balaban J connectivity index is 1.56. The number of ether oxygens (including phenoxy) is 3. The number of rotatable bonds is 5. The molecule has 0 N–H and O–H groups in total. The van der Waals surface area contributed by atoms with Gasteiger partial charge in [-0.2, -0.15) is 4.57 Å². The zero-order valence-corrected chi connectivity index (χ0v) is 18.4. The number of hydrogen-bond donors (Lipinski definition) is 0. The van der Waals surface area contributed by atoms with Crippen LogP contribution in [0.1, 0.15) is 32.6 Å². The van der Waals surface area contributed by atoms with Gasteiger partial charge in [-0.15, -0.1) is 0 Å². The maximum atomic E-state index is 6.28. The molecule has 0 unspecified atom stereocenters. The Kier molecular flexibility index (Phi) is 4.85. The number of allylic oxidation sites excluding steroid dienone is 3. The molecular formula is C25H27N2O4+. The van der Waals surface area contributed by atoms with E-state index in [0.29, 0.717) is 0 Å². The van der Waals surface area contributed by atoms with Crippen LogP contribution in [0.3, 0.4) is 0 Å². The first-order valence-electron chi connectivity index (χ1n) is 10.7. The molecule has 1 aliphatic heterocycles. The third-order valence-electron chi connectivity index (χ3n) is 6.01. The van der Waals surface area contributed by atoms with Crippen LogP contribution in [0.5, 0.6) is 17.2 Å². The van der Waals surface area contributed by atoms with Crippen molar-refractivity contribution >= 4 is 22.4 Å². The number of aryl methyl sites for hydroxylation is 1. The van der Waals surface area contributed by atoms with Crippen LogP contribution < -0.4 is 23.7 Å². The Hall–Kier alpha value is -3.41. The fourth-order valence-electron chi connectivity index (χ4n) is 4.45. The molecule has 0 spiro atoms. The van der Waals surface area contributed by atoms with Gasteiger partial charge >= 0.3 is 5.89 Å². The lowest BCUT2D eigenvalue weighted by Gasteiger charge is -2.17. The molecular weight excluding hydrogens is 392 g/mol. The Morgan fingerprint density at radius 1 is 1.00 bits per heavy atom. The highest BCUT2D eigenvalue weighted by Gasteiger charge is 2.33. The van der Waals surface area contributed by atoms with E-state index in [1.54, 1.807) is 14.2 Å². The first-order chi connectivity index (χ1) is 15.2. The van der Waals surface area contributed by atoms with Crippen molar-refractivity contribution in [3.8, 4) is 17.2 Å². The van der Waals surface area contributed by atoms with E-state index in [2.05, 4.69) is 29.4 Å². The summed E-state index contributed by atoms with van der Waals surface area (Å²) in [6.07, 6.45) is 4.05. The summed E-state index contributed by atoms with van der Waals surface area (Å²) in [4.78, 5) is 2.21. The molecule has 160 valence electrons. The predicted molar refractivity (Wildman–Crippen MR) is 120 cm³/mol. The van der Waals surface area contributed by atoms with Gasteiger partial charge < -0.3 is 23.5 Å². The van der Waals surface area contributed by atoms with E-state index in [0.717, 1.165) is 71.7 Å². The smallest absolute Gasteiger partial charge is 0.377 e. The average Bonchev–Trinajstić information content (AvgIpc) is 3.51. The highest BCUT2D eigenvalue weighted by atomic mass is 16.5. The molecule has 0 fully saturated rings. The summed E-state index contributed by atoms with van der Waals surface area (Å²) < 4.78 is 25.6. The van der Waals surface area contributed by atoms with Crippen LogP contribution in [-0.2, 0) is 6.54 Å². The largest absolute Gasteiger partial charge is 0.497 e. The summed E-state index contributed by atoms with van der Waals surface area (Å²) in [5.41, 5.74) is 5.34. The molecule has 0 bridgehead atoms. The predicted octanol–water partition coefficient (Wildman–Crippen LogP) is 5.07. The van der Waals surface area contributed by atoms with Crippen molar-refractivity contribution in [1.82, 2.24) is 0 Å². The molecule has 6 nitrogen and oxygen atoms in total. The number of benzene rings is 2. The summed E-state index contributed by atoms with van der Waals surface area (Å²) in [7, 11) is 3.37. The summed E-state index contributed by atoms with van der Waals surface area (Å²) in [5, 5.41) is 0. The van der Waals surface area contributed by atoms with Crippen molar-refractivity contribution in [2.24, 2.45) is 0 Å². The number of anilines is 1. The number of aromatic nitrogens is 1. The zero-order valence-electron chi connectivity index (χ0n) is 18.4. The molecule has 3 aromatic rings. The maximum absolute atomic E-state index is 6.28. The Morgan fingerprint density at radius 3 is 2.52 bits per heavy atom. The number of methoxy groups -OCH3 is 2. The van der Waals surface area contributed by atoms with Crippen LogP contribution in [0, 0.1) is 0 Å². The normalized spacial score (nSPS) is 17.7. The highest BCUT2D eigenvalue weighted by Crippen LogP contribution is 2.44. The summed E-state index contributed by atoms with van der Waals surface area (Å²) >= 11 is 0. The van der Waals surface area contributed by atoms with Crippen LogP contribution in [0.2, 0.25) is 0 Å². The minimum Gasteiger partial charge on any atom is -0.497 e. The topological polar surface area (TPSA) is 48.0 Å². The lowest BCUT2D eigenvalue weighted by atomic mass is 10.2. The first kappa shape index (κ1) is 19.5. The van der Waals surface area contributed by atoms with Crippen LogP contribution in [0.15, 0.2) is 58.3 Å². The molecule has 6 heteroatoms. The van der Waals surface area contributed by atoms with Gasteiger partial charge in [-0.3, -0.25) is 0 Å². The second-order valence-corrected chi connectivity index (χ2v) is 7.67. The second kappa shape index (κ2) is 7.69. The lowest BCUT2D eigenvalue weighted by Crippen LogP contribution is -2.34. The highest BCUT2D eigenvalue weighted by molar-refractivity contribution is 5.76. The van der Waals surface area contributed by atoms with E-state index in [9.17, 15) is 0 Å². The zero-order chi connectivity index (χ0) is 21.5. The Morgan fingerprint density at radius 2 is 1.77 bits per heavy atom. The molecule has 1 aliphatic carbocycles. The fraction of sp³-hybridized carbons (Fsp3) is 0.320. The van der Waals surface area contributed by atoms with Gasteiger partial charge in [0.1, 0.15) is 18.0 Å². The van der Waals surface area contributed by atoms with Crippen molar-refractivity contribution in [3.63, 3.8) is 0 Å². The van der Waals surface area contributed by atoms with Crippen molar-refractivity contribution in [1.29, 1.82) is 0 Å². The molecule has 2 aliphatic rings.